The third kappa shape index (κ3) is 3.20. The maximum absolute atomic E-state index is 5.75. The van der Waals surface area contributed by atoms with Crippen molar-refractivity contribution in [3.05, 3.63) is 48.5 Å². The zero-order chi connectivity index (χ0) is 14.0. The highest BCUT2D eigenvalue weighted by Gasteiger charge is 2.21. The van der Waals surface area contributed by atoms with Gasteiger partial charge in [0.15, 0.2) is 0 Å². The van der Waals surface area contributed by atoms with Gasteiger partial charge < -0.3 is 4.74 Å². The van der Waals surface area contributed by atoms with Crippen LogP contribution < -0.4 is 16.0 Å². The standard InChI is InChI=1S/C13H14Br2N2OS/c1-7-3-4-10(18-2)8(5-7)12(17-16)9-6-11(14)19-13(9)15/h3-6,12,17H,16H2,1-2H3. The minimum absolute atomic E-state index is 0.119. The average Bonchev–Trinajstić information content (AvgIpc) is 2.70. The van der Waals surface area contributed by atoms with Crippen LogP contribution in [0.1, 0.15) is 22.7 Å². The van der Waals surface area contributed by atoms with Crippen LogP contribution in [0.25, 0.3) is 0 Å². The van der Waals surface area contributed by atoms with Gasteiger partial charge in [-0.15, -0.1) is 11.3 Å². The molecule has 0 fully saturated rings. The van der Waals surface area contributed by atoms with Crippen LogP contribution in [0.2, 0.25) is 0 Å². The molecule has 1 unspecified atom stereocenters. The number of rotatable bonds is 4. The van der Waals surface area contributed by atoms with E-state index >= 15 is 0 Å². The quantitative estimate of drug-likeness (QED) is 0.593. The highest BCUT2D eigenvalue weighted by atomic mass is 79.9. The predicted octanol–water partition coefficient (Wildman–Crippen LogP) is 4.14. The summed E-state index contributed by atoms with van der Waals surface area (Å²) in [5.41, 5.74) is 6.15. The minimum atomic E-state index is -0.119. The summed E-state index contributed by atoms with van der Waals surface area (Å²) in [5.74, 6) is 6.57. The first-order chi connectivity index (χ1) is 9.06. The van der Waals surface area contributed by atoms with Crippen molar-refractivity contribution >= 4 is 43.2 Å². The van der Waals surface area contributed by atoms with Crippen LogP contribution in [-0.4, -0.2) is 7.11 Å². The van der Waals surface area contributed by atoms with E-state index in [1.165, 1.54) is 5.56 Å². The lowest BCUT2D eigenvalue weighted by atomic mass is 9.99. The number of methoxy groups -OCH3 is 1. The molecular weight excluding hydrogens is 392 g/mol. The van der Waals surface area contributed by atoms with E-state index in [0.29, 0.717) is 0 Å². The number of halogens is 2. The smallest absolute Gasteiger partial charge is 0.124 e. The number of ether oxygens (including phenoxy) is 1. The monoisotopic (exact) mass is 404 g/mol. The topological polar surface area (TPSA) is 47.3 Å². The third-order valence-corrected chi connectivity index (χ3v) is 5.24. The lowest BCUT2D eigenvalue weighted by Crippen LogP contribution is -2.29. The minimum Gasteiger partial charge on any atom is -0.496 e. The third-order valence-electron chi connectivity index (χ3n) is 2.86. The van der Waals surface area contributed by atoms with E-state index in [2.05, 4.69) is 56.3 Å². The van der Waals surface area contributed by atoms with Crippen LogP contribution in [-0.2, 0) is 0 Å². The van der Waals surface area contributed by atoms with Gasteiger partial charge in [0.1, 0.15) is 5.75 Å². The van der Waals surface area contributed by atoms with Gasteiger partial charge in [-0.05, 0) is 50.9 Å². The van der Waals surface area contributed by atoms with Gasteiger partial charge in [-0.25, -0.2) is 5.43 Å². The molecular formula is C13H14Br2N2OS. The van der Waals surface area contributed by atoms with Crippen molar-refractivity contribution in [2.75, 3.05) is 7.11 Å². The Morgan fingerprint density at radius 2 is 2.00 bits per heavy atom. The Morgan fingerprint density at radius 1 is 1.26 bits per heavy atom. The van der Waals surface area contributed by atoms with E-state index in [9.17, 15) is 0 Å². The second kappa shape index (κ2) is 6.37. The predicted molar refractivity (Wildman–Crippen MR) is 86.6 cm³/mol. The summed E-state index contributed by atoms with van der Waals surface area (Å²) in [7, 11) is 1.67. The van der Waals surface area contributed by atoms with Crippen molar-refractivity contribution in [1.29, 1.82) is 0 Å². The van der Waals surface area contributed by atoms with Gasteiger partial charge in [0.2, 0.25) is 0 Å². The second-order valence-electron chi connectivity index (χ2n) is 4.12. The average molecular weight is 406 g/mol. The molecule has 2 aromatic rings. The van der Waals surface area contributed by atoms with Crippen LogP contribution in [0.5, 0.6) is 5.75 Å². The van der Waals surface area contributed by atoms with Crippen LogP contribution in [0.15, 0.2) is 31.8 Å². The summed E-state index contributed by atoms with van der Waals surface area (Å²) in [5, 5.41) is 0. The molecule has 1 atom stereocenters. The van der Waals surface area contributed by atoms with E-state index in [4.69, 9.17) is 10.6 Å². The van der Waals surface area contributed by atoms with Crippen LogP contribution >= 0.6 is 43.2 Å². The maximum Gasteiger partial charge on any atom is 0.124 e. The van der Waals surface area contributed by atoms with Gasteiger partial charge in [-0.3, -0.25) is 5.84 Å². The van der Waals surface area contributed by atoms with Gasteiger partial charge in [-0.1, -0.05) is 17.7 Å². The van der Waals surface area contributed by atoms with E-state index in [1.807, 2.05) is 12.1 Å². The van der Waals surface area contributed by atoms with Gasteiger partial charge in [0.25, 0.3) is 0 Å². The summed E-state index contributed by atoms with van der Waals surface area (Å²) >= 11 is 8.69. The van der Waals surface area contributed by atoms with Gasteiger partial charge >= 0.3 is 0 Å². The number of thiophene rings is 1. The zero-order valence-corrected chi connectivity index (χ0v) is 14.5. The highest BCUT2D eigenvalue weighted by molar-refractivity contribution is 9.12. The molecule has 1 aromatic carbocycles. The van der Waals surface area contributed by atoms with E-state index in [0.717, 1.165) is 24.4 Å². The molecule has 0 radical (unpaired) electrons. The Balaban J connectivity index is 2.53. The van der Waals surface area contributed by atoms with Crippen molar-refractivity contribution in [3.8, 4) is 5.75 Å². The summed E-state index contributed by atoms with van der Waals surface area (Å²) in [4.78, 5) is 0. The Kier molecular flexibility index (Phi) is 5.03. The number of nitrogens with two attached hydrogens (primary N) is 1. The fraction of sp³-hybridized carbons (Fsp3) is 0.231. The number of nitrogens with one attached hydrogen (secondary N) is 1. The molecule has 0 saturated carbocycles. The van der Waals surface area contributed by atoms with Gasteiger partial charge in [0.05, 0.1) is 20.7 Å². The molecule has 0 amide bonds. The summed E-state index contributed by atoms with van der Waals surface area (Å²) in [6, 6.07) is 8.01. The zero-order valence-electron chi connectivity index (χ0n) is 10.5. The summed E-state index contributed by atoms with van der Waals surface area (Å²) in [6.45, 7) is 2.05. The first-order valence-corrected chi connectivity index (χ1v) is 8.02. The summed E-state index contributed by atoms with van der Waals surface area (Å²) < 4.78 is 7.54. The highest BCUT2D eigenvalue weighted by Crippen LogP contribution is 2.39. The molecule has 1 heterocycles. The molecule has 19 heavy (non-hydrogen) atoms. The number of aryl methyl sites for hydroxylation is 1. The number of hydrogen-bond acceptors (Lipinski definition) is 4. The molecule has 0 aliphatic heterocycles. The normalized spacial score (nSPS) is 12.5. The van der Waals surface area contributed by atoms with Crippen molar-refractivity contribution in [2.45, 2.75) is 13.0 Å². The first kappa shape index (κ1) is 15.0. The summed E-state index contributed by atoms with van der Waals surface area (Å²) in [6.07, 6.45) is 0. The van der Waals surface area contributed by atoms with Gasteiger partial charge in [-0.2, -0.15) is 0 Å². The molecule has 3 nitrogen and oxygen atoms in total. The van der Waals surface area contributed by atoms with E-state index in [1.54, 1.807) is 18.4 Å². The lowest BCUT2D eigenvalue weighted by molar-refractivity contribution is 0.404. The van der Waals surface area contributed by atoms with Crippen LogP contribution in [0.4, 0.5) is 0 Å². The van der Waals surface area contributed by atoms with Crippen molar-refractivity contribution < 1.29 is 4.74 Å². The molecule has 0 spiro atoms. The molecule has 0 bridgehead atoms. The molecule has 2 rings (SSSR count). The Labute approximate surface area is 133 Å². The Bertz CT molecular complexity index is 586. The molecule has 0 aliphatic carbocycles. The SMILES string of the molecule is COc1ccc(C)cc1C(NN)c1cc(Br)sc1Br. The molecule has 6 heteroatoms. The molecule has 1 aromatic heterocycles. The number of hydrogen-bond donors (Lipinski definition) is 2. The van der Waals surface area contributed by atoms with E-state index < -0.39 is 0 Å². The molecule has 102 valence electrons. The fourth-order valence-corrected chi connectivity index (χ4v) is 4.88. The van der Waals surface area contributed by atoms with Crippen LogP contribution in [0.3, 0.4) is 0 Å². The maximum atomic E-state index is 5.75. The fourth-order valence-electron chi connectivity index (χ4n) is 1.98. The molecule has 0 aliphatic rings. The van der Waals surface area contributed by atoms with Crippen molar-refractivity contribution in [1.82, 2.24) is 5.43 Å². The van der Waals surface area contributed by atoms with E-state index in [-0.39, 0.29) is 6.04 Å². The second-order valence-corrected chi connectivity index (χ2v) is 7.87. The molecule has 0 saturated heterocycles. The van der Waals surface area contributed by atoms with Gasteiger partial charge in [0, 0.05) is 11.1 Å². The molecule has 3 N–H and O–H groups in total. The number of hydrazine groups is 1. The van der Waals surface area contributed by atoms with Crippen molar-refractivity contribution in [2.24, 2.45) is 5.84 Å². The lowest BCUT2D eigenvalue weighted by Gasteiger charge is -2.19. The Morgan fingerprint density at radius 3 is 2.53 bits per heavy atom. The largest absolute Gasteiger partial charge is 0.496 e. The Hall–Kier alpha value is -0.400. The van der Waals surface area contributed by atoms with Crippen LogP contribution in [0, 0.1) is 6.92 Å². The first-order valence-electron chi connectivity index (χ1n) is 5.62. The van der Waals surface area contributed by atoms with Crippen molar-refractivity contribution in [3.63, 3.8) is 0 Å². The number of benzene rings is 1.